The van der Waals surface area contributed by atoms with Gasteiger partial charge in [-0.25, -0.2) is 4.98 Å². The largest absolute Gasteiger partial charge is 0.444 e. The molecule has 19 heavy (non-hydrogen) atoms. The van der Waals surface area contributed by atoms with Crippen LogP contribution in [0.2, 0.25) is 0 Å². The van der Waals surface area contributed by atoms with Crippen LogP contribution in [0, 0.1) is 0 Å². The summed E-state index contributed by atoms with van der Waals surface area (Å²) >= 11 is 0. The average Bonchev–Trinajstić information content (AvgIpc) is 2.93. The molecule has 1 aromatic heterocycles. The van der Waals surface area contributed by atoms with Crippen LogP contribution in [-0.4, -0.2) is 24.2 Å². The smallest absolute Gasteiger partial charge is 0.181 e. The molecule has 0 aliphatic rings. The molecule has 102 valence electrons. The normalized spacial score (nSPS) is 11.5. The van der Waals surface area contributed by atoms with Gasteiger partial charge in [0.05, 0.1) is 11.8 Å². The number of rotatable bonds is 6. The van der Waals surface area contributed by atoms with E-state index in [2.05, 4.69) is 24.1 Å². The van der Waals surface area contributed by atoms with Crippen LogP contribution >= 0.6 is 0 Å². The Morgan fingerprint density at radius 2 is 2.00 bits per heavy atom. The molecule has 2 aromatic rings. The first-order valence-corrected chi connectivity index (χ1v) is 6.39. The van der Waals surface area contributed by atoms with E-state index in [0.717, 1.165) is 30.0 Å². The number of methoxy groups -OCH3 is 1. The van der Waals surface area contributed by atoms with Crippen molar-refractivity contribution in [3.63, 3.8) is 0 Å². The molecular formula is C15H20N2O2. The summed E-state index contributed by atoms with van der Waals surface area (Å²) in [6, 6.07) is 8.12. The second-order valence-electron chi connectivity index (χ2n) is 5.08. The summed E-state index contributed by atoms with van der Waals surface area (Å²) in [6.45, 7) is 5.05. The topological polar surface area (TPSA) is 47.3 Å². The number of aromatic nitrogens is 1. The van der Waals surface area contributed by atoms with E-state index in [4.69, 9.17) is 9.15 Å². The third-order valence-corrected chi connectivity index (χ3v) is 3.21. The lowest BCUT2D eigenvalue weighted by Gasteiger charge is -2.23. The fraction of sp³-hybridized carbons (Fsp3) is 0.400. The Morgan fingerprint density at radius 1 is 1.26 bits per heavy atom. The van der Waals surface area contributed by atoms with Gasteiger partial charge in [0.25, 0.3) is 0 Å². The Morgan fingerprint density at radius 3 is 2.58 bits per heavy atom. The molecule has 1 aromatic carbocycles. The molecule has 0 aliphatic carbocycles. The molecule has 0 atom stereocenters. The number of hydrogen-bond acceptors (Lipinski definition) is 4. The summed E-state index contributed by atoms with van der Waals surface area (Å²) in [5, 5.41) is 3.38. The van der Waals surface area contributed by atoms with Crippen LogP contribution in [-0.2, 0) is 4.74 Å². The summed E-state index contributed by atoms with van der Waals surface area (Å²) in [5.41, 5.74) is 2.03. The summed E-state index contributed by atoms with van der Waals surface area (Å²) in [6.07, 6.45) is 4.10. The van der Waals surface area contributed by atoms with Crippen molar-refractivity contribution in [2.45, 2.75) is 25.9 Å². The Labute approximate surface area is 113 Å². The Bertz CT molecular complexity index is 489. The van der Waals surface area contributed by atoms with E-state index in [0.29, 0.717) is 0 Å². The van der Waals surface area contributed by atoms with Crippen molar-refractivity contribution in [3.8, 4) is 11.3 Å². The fourth-order valence-electron chi connectivity index (χ4n) is 1.72. The average molecular weight is 260 g/mol. The lowest BCUT2D eigenvalue weighted by atomic mass is 10.1. The van der Waals surface area contributed by atoms with Crippen molar-refractivity contribution in [2.24, 2.45) is 0 Å². The highest BCUT2D eigenvalue weighted by Gasteiger charge is 2.15. The minimum atomic E-state index is -0.0905. The Hall–Kier alpha value is -1.81. The van der Waals surface area contributed by atoms with Gasteiger partial charge in [-0.15, -0.1) is 0 Å². The molecule has 1 N–H and O–H groups in total. The fourth-order valence-corrected chi connectivity index (χ4v) is 1.72. The van der Waals surface area contributed by atoms with Gasteiger partial charge in [0.1, 0.15) is 0 Å². The predicted octanol–water partition coefficient (Wildman–Crippen LogP) is 3.57. The quantitative estimate of drug-likeness (QED) is 0.862. The molecule has 1 heterocycles. The Kier molecular flexibility index (Phi) is 4.22. The van der Waals surface area contributed by atoms with Gasteiger partial charge < -0.3 is 14.5 Å². The van der Waals surface area contributed by atoms with Crippen molar-refractivity contribution >= 4 is 5.69 Å². The first-order valence-electron chi connectivity index (χ1n) is 6.39. The first kappa shape index (κ1) is 13.6. The van der Waals surface area contributed by atoms with E-state index < -0.39 is 0 Å². The molecule has 0 radical (unpaired) electrons. The monoisotopic (exact) mass is 260 g/mol. The van der Waals surface area contributed by atoms with E-state index in [-0.39, 0.29) is 5.60 Å². The standard InChI is InChI=1S/C15H20N2O2/c1-15(2,18-3)8-9-17-13-6-4-12(5-7-13)14-10-16-11-19-14/h4-7,10-11,17H,8-9H2,1-3H3. The lowest BCUT2D eigenvalue weighted by Crippen LogP contribution is -2.25. The van der Waals surface area contributed by atoms with E-state index >= 15 is 0 Å². The third-order valence-electron chi connectivity index (χ3n) is 3.21. The predicted molar refractivity (Wildman–Crippen MR) is 76.1 cm³/mol. The maximum atomic E-state index is 5.38. The maximum Gasteiger partial charge on any atom is 0.181 e. The van der Waals surface area contributed by atoms with Gasteiger partial charge in [0.15, 0.2) is 12.2 Å². The molecule has 0 saturated heterocycles. The van der Waals surface area contributed by atoms with Crippen molar-refractivity contribution in [2.75, 3.05) is 19.0 Å². The van der Waals surface area contributed by atoms with Crippen LogP contribution < -0.4 is 5.32 Å². The van der Waals surface area contributed by atoms with E-state index in [1.54, 1.807) is 13.3 Å². The molecule has 0 saturated carbocycles. The van der Waals surface area contributed by atoms with Gasteiger partial charge in [0, 0.05) is 24.9 Å². The summed E-state index contributed by atoms with van der Waals surface area (Å²) in [5.74, 6) is 0.784. The zero-order valence-electron chi connectivity index (χ0n) is 11.6. The van der Waals surface area contributed by atoms with E-state index in [1.807, 2.05) is 24.3 Å². The van der Waals surface area contributed by atoms with Crippen LogP contribution in [0.25, 0.3) is 11.3 Å². The number of oxazole rings is 1. The minimum Gasteiger partial charge on any atom is -0.444 e. The number of hydrogen-bond donors (Lipinski definition) is 1. The molecule has 4 heteroatoms. The molecule has 0 spiro atoms. The number of nitrogens with zero attached hydrogens (tertiary/aromatic N) is 1. The molecule has 4 nitrogen and oxygen atoms in total. The number of benzene rings is 1. The minimum absolute atomic E-state index is 0.0905. The number of anilines is 1. The Balaban J connectivity index is 1.89. The zero-order chi connectivity index (χ0) is 13.7. The second-order valence-corrected chi connectivity index (χ2v) is 5.08. The highest BCUT2D eigenvalue weighted by atomic mass is 16.5. The third kappa shape index (κ3) is 3.83. The summed E-state index contributed by atoms with van der Waals surface area (Å²) < 4.78 is 10.6. The van der Waals surface area contributed by atoms with E-state index in [1.165, 1.54) is 6.39 Å². The van der Waals surface area contributed by atoms with Crippen LogP contribution in [0.15, 0.2) is 41.3 Å². The van der Waals surface area contributed by atoms with Gasteiger partial charge in [-0.2, -0.15) is 0 Å². The highest BCUT2D eigenvalue weighted by Crippen LogP contribution is 2.21. The van der Waals surface area contributed by atoms with E-state index in [9.17, 15) is 0 Å². The summed E-state index contributed by atoms with van der Waals surface area (Å²) in [7, 11) is 1.74. The van der Waals surface area contributed by atoms with Crippen molar-refractivity contribution in [1.29, 1.82) is 0 Å². The van der Waals surface area contributed by atoms with Crippen molar-refractivity contribution in [1.82, 2.24) is 4.98 Å². The first-order chi connectivity index (χ1) is 9.11. The SMILES string of the molecule is COC(C)(C)CCNc1ccc(-c2cnco2)cc1. The molecule has 0 unspecified atom stereocenters. The van der Waals surface area contributed by atoms with Crippen molar-refractivity contribution < 1.29 is 9.15 Å². The maximum absolute atomic E-state index is 5.38. The number of nitrogens with one attached hydrogen (secondary N) is 1. The lowest BCUT2D eigenvalue weighted by molar-refractivity contribution is 0.0185. The molecular weight excluding hydrogens is 240 g/mol. The van der Waals surface area contributed by atoms with Crippen LogP contribution in [0.5, 0.6) is 0 Å². The van der Waals surface area contributed by atoms with Crippen LogP contribution in [0.1, 0.15) is 20.3 Å². The summed E-state index contributed by atoms with van der Waals surface area (Å²) in [4.78, 5) is 3.91. The van der Waals surface area contributed by atoms with Gasteiger partial charge in [-0.1, -0.05) is 0 Å². The molecule has 0 amide bonds. The molecule has 0 aliphatic heterocycles. The van der Waals surface area contributed by atoms with Gasteiger partial charge in [-0.3, -0.25) is 0 Å². The highest BCUT2D eigenvalue weighted by molar-refractivity contribution is 5.60. The van der Waals surface area contributed by atoms with Gasteiger partial charge in [-0.05, 0) is 44.5 Å². The van der Waals surface area contributed by atoms with Gasteiger partial charge in [0.2, 0.25) is 0 Å². The van der Waals surface area contributed by atoms with Crippen LogP contribution in [0.4, 0.5) is 5.69 Å². The van der Waals surface area contributed by atoms with Gasteiger partial charge >= 0.3 is 0 Å². The molecule has 0 fully saturated rings. The second kappa shape index (κ2) is 5.89. The molecule has 0 bridgehead atoms. The van der Waals surface area contributed by atoms with Crippen LogP contribution in [0.3, 0.4) is 0 Å². The molecule has 2 rings (SSSR count). The number of ether oxygens (including phenoxy) is 1. The zero-order valence-corrected chi connectivity index (χ0v) is 11.6. The van der Waals surface area contributed by atoms with Crippen molar-refractivity contribution in [3.05, 3.63) is 36.9 Å².